The van der Waals surface area contributed by atoms with Gasteiger partial charge in [0.1, 0.15) is 5.88 Å². The van der Waals surface area contributed by atoms with E-state index in [1.807, 2.05) is 4.90 Å². The maximum Gasteiger partial charge on any atom is 0.160 e. The third kappa shape index (κ3) is 3.54. The second kappa shape index (κ2) is 3.75. The van der Waals surface area contributed by atoms with Crippen molar-refractivity contribution < 1.29 is 8.42 Å². The molecular weight excluding hydrogens is 174 g/mol. The average molecular weight is 191 g/mol. The lowest BCUT2D eigenvalue weighted by molar-refractivity contribution is 0.218. The monoisotopic (exact) mass is 191 g/mol. The molecule has 4 heteroatoms. The molecule has 0 spiro atoms. The minimum atomic E-state index is -2.82. The normalized spacial score (nSPS) is 22.8. The molecule has 12 heavy (non-hydrogen) atoms. The van der Waals surface area contributed by atoms with Gasteiger partial charge in [-0.1, -0.05) is 6.92 Å². The number of rotatable bonds is 2. The van der Waals surface area contributed by atoms with Crippen LogP contribution in [0.3, 0.4) is 0 Å². The molecule has 0 aromatic heterocycles. The predicted molar refractivity (Wildman–Crippen MR) is 49.7 cm³/mol. The summed E-state index contributed by atoms with van der Waals surface area (Å²) in [4.78, 5) is 2.02. The van der Waals surface area contributed by atoms with Gasteiger partial charge >= 0.3 is 0 Å². The Morgan fingerprint density at radius 2 is 1.83 bits per heavy atom. The molecule has 1 aliphatic rings. The lowest BCUT2D eigenvalue weighted by atomic mass is 10.00. The largest absolute Gasteiger partial charge is 0.290 e. The number of likely N-dealkylation sites (tertiary alicyclic amines) is 1. The molecule has 0 unspecified atom stereocenters. The highest BCUT2D eigenvalue weighted by molar-refractivity contribution is 7.90. The summed E-state index contributed by atoms with van der Waals surface area (Å²) in [6, 6.07) is 0. The van der Waals surface area contributed by atoms with Crippen molar-refractivity contribution in [3.63, 3.8) is 0 Å². The molecule has 0 aliphatic carbocycles. The molecule has 0 aromatic carbocycles. The van der Waals surface area contributed by atoms with Crippen LogP contribution in [0.25, 0.3) is 0 Å². The highest BCUT2D eigenvalue weighted by Crippen LogP contribution is 2.15. The van der Waals surface area contributed by atoms with E-state index in [-0.39, 0.29) is 5.88 Å². The van der Waals surface area contributed by atoms with Crippen LogP contribution in [-0.2, 0) is 9.84 Å². The summed E-state index contributed by atoms with van der Waals surface area (Å²) in [6.45, 7) is 4.10. The minimum absolute atomic E-state index is 0.236. The zero-order chi connectivity index (χ0) is 9.19. The summed E-state index contributed by atoms with van der Waals surface area (Å²) in [6.07, 6.45) is 3.57. The van der Waals surface area contributed by atoms with Crippen molar-refractivity contribution in [3.8, 4) is 0 Å². The van der Waals surface area contributed by atoms with Crippen molar-refractivity contribution in [2.45, 2.75) is 19.8 Å². The number of sulfone groups is 1. The van der Waals surface area contributed by atoms with Crippen molar-refractivity contribution in [3.05, 3.63) is 0 Å². The third-order valence-corrected chi connectivity index (χ3v) is 3.13. The topological polar surface area (TPSA) is 37.4 Å². The van der Waals surface area contributed by atoms with Gasteiger partial charge in [-0.25, -0.2) is 8.42 Å². The molecule has 0 saturated carbocycles. The lowest BCUT2D eigenvalue weighted by Gasteiger charge is -2.29. The van der Waals surface area contributed by atoms with Gasteiger partial charge in [0.2, 0.25) is 0 Å². The van der Waals surface area contributed by atoms with Crippen LogP contribution >= 0.6 is 0 Å². The molecule has 3 nitrogen and oxygen atoms in total. The van der Waals surface area contributed by atoms with Crippen LogP contribution in [0.15, 0.2) is 0 Å². The highest BCUT2D eigenvalue weighted by Gasteiger charge is 2.18. The Balaban J connectivity index is 2.36. The van der Waals surface area contributed by atoms with Gasteiger partial charge in [0.05, 0.1) is 0 Å². The molecule has 0 amide bonds. The molecule has 1 saturated heterocycles. The van der Waals surface area contributed by atoms with Gasteiger partial charge in [0.25, 0.3) is 0 Å². The Hall–Kier alpha value is -0.0900. The second-order valence-electron chi connectivity index (χ2n) is 3.86. The average Bonchev–Trinajstić information content (AvgIpc) is 1.91. The zero-order valence-electron chi connectivity index (χ0n) is 7.78. The fraction of sp³-hybridized carbons (Fsp3) is 1.00. The summed E-state index contributed by atoms with van der Waals surface area (Å²) in [5.74, 6) is 1.00. The van der Waals surface area contributed by atoms with Gasteiger partial charge in [0.15, 0.2) is 9.84 Å². The van der Waals surface area contributed by atoms with E-state index in [1.165, 1.54) is 6.26 Å². The number of nitrogens with zero attached hydrogens (tertiary/aromatic N) is 1. The van der Waals surface area contributed by atoms with E-state index in [9.17, 15) is 8.42 Å². The van der Waals surface area contributed by atoms with Crippen molar-refractivity contribution in [1.29, 1.82) is 0 Å². The first-order valence-corrected chi connectivity index (χ1v) is 6.43. The first kappa shape index (κ1) is 9.99. The van der Waals surface area contributed by atoms with Gasteiger partial charge in [-0.15, -0.1) is 0 Å². The Labute approximate surface area is 74.7 Å². The van der Waals surface area contributed by atoms with Crippen molar-refractivity contribution in [1.82, 2.24) is 4.90 Å². The third-order valence-electron chi connectivity index (χ3n) is 2.29. The van der Waals surface area contributed by atoms with Crippen molar-refractivity contribution >= 4 is 9.84 Å². The van der Waals surface area contributed by atoms with E-state index < -0.39 is 9.84 Å². The summed E-state index contributed by atoms with van der Waals surface area (Å²) >= 11 is 0. The van der Waals surface area contributed by atoms with Crippen molar-refractivity contribution in [2.75, 3.05) is 25.2 Å². The molecule has 1 aliphatic heterocycles. The maximum absolute atomic E-state index is 10.9. The molecule has 0 atom stereocenters. The van der Waals surface area contributed by atoms with Gasteiger partial charge in [-0.3, -0.25) is 4.90 Å². The molecule has 0 aromatic rings. The Morgan fingerprint density at radius 1 is 1.33 bits per heavy atom. The first-order valence-electron chi connectivity index (χ1n) is 4.37. The van der Waals surface area contributed by atoms with Crippen LogP contribution in [0, 0.1) is 5.92 Å². The summed E-state index contributed by atoms with van der Waals surface area (Å²) in [5, 5.41) is 0. The summed E-state index contributed by atoms with van der Waals surface area (Å²) in [5.41, 5.74) is 0. The lowest BCUT2D eigenvalue weighted by Crippen LogP contribution is -2.36. The second-order valence-corrected chi connectivity index (χ2v) is 5.97. The molecule has 1 heterocycles. The minimum Gasteiger partial charge on any atom is -0.290 e. The van der Waals surface area contributed by atoms with Crippen molar-refractivity contribution in [2.24, 2.45) is 5.92 Å². The highest BCUT2D eigenvalue weighted by atomic mass is 32.2. The fourth-order valence-corrected chi connectivity index (χ4v) is 2.44. The first-order chi connectivity index (χ1) is 5.47. The van der Waals surface area contributed by atoms with Crippen LogP contribution in [0.5, 0.6) is 0 Å². The smallest absolute Gasteiger partial charge is 0.160 e. The van der Waals surface area contributed by atoms with Gasteiger partial charge < -0.3 is 0 Å². The molecule has 0 N–H and O–H groups in total. The fourth-order valence-electron chi connectivity index (χ4n) is 1.52. The summed E-state index contributed by atoms with van der Waals surface area (Å²) in [7, 11) is -2.82. The van der Waals surface area contributed by atoms with Crippen LogP contribution in [-0.4, -0.2) is 38.5 Å². The number of piperidine rings is 1. The molecular formula is C8H17NO2S. The van der Waals surface area contributed by atoms with Gasteiger partial charge in [-0.2, -0.15) is 0 Å². The van der Waals surface area contributed by atoms with E-state index in [2.05, 4.69) is 6.92 Å². The number of hydrogen-bond acceptors (Lipinski definition) is 3. The standard InChI is InChI=1S/C8H17NO2S/c1-8-3-5-9(6-4-8)7-12(2,10)11/h8H,3-7H2,1-2H3. The molecule has 72 valence electrons. The Bertz CT molecular complexity index is 227. The molecule has 1 fully saturated rings. The van der Waals surface area contributed by atoms with Crippen LogP contribution in [0.2, 0.25) is 0 Å². The maximum atomic E-state index is 10.9. The van der Waals surface area contributed by atoms with E-state index in [0.717, 1.165) is 31.8 Å². The predicted octanol–water partition coefficient (Wildman–Crippen LogP) is 0.720. The number of hydrogen-bond donors (Lipinski definition) is 0. The molecule has 1 rings (SSSR count). The van der Waals surface area contributed by atoms with E-state index in [1.54, 1.807) is 0 Å². The Morgan fingerprint density at radius 3 is 2.25 bits per heavy atom. The van der Waals surface area contributed by atoms with Crippen LogP contribution in [0.4, 0.5) is 0 Å². The SMILES string of the molecule is CC1CCN(CS(C)(=O)=O)CC1. The summed E-state index contributed by atoms with van der Waals surface area (Å²) < 4.78 is 21.9. The Kier molecular flexibility index (Phi) is 3.12. The van der Waals surface area contributed by atoms with Crippen LogP contribution < -0.4 is 0 Å². The quantitative estimate of drug-likeness (QED) is 0.645. The zero-order valence-corrected chi connectivity index (χ0v) is 8.60. The van der Waals surface area contributed by atoms with Gasteiger partial charge in [-0.05, 0) is 31.8 Å². The van der Waals surface area contributed by atoms with Gasteiger partial charge in [0, 0.05) is 6.26 Å². The van der Waals surface area contributed by atoms with Crippen LogP contribution in [0.1, 0.15) is 19.8 Å². The molecule has 0 radical (unpaired) electrons. The van der Waals surface area contributed by atoms with E-state index in [4.69, 9.17) is 0 Å². The van der Waals surface area contributed by atoms with E-state index >= 15 is 0 Å². The molecule has 0 bridgehead atoms. The van der Waals surface area contributed by atoms with E-state index in [0.29, 0.717) is 0 Å².